The number of epoxide rings is 1. The number of fused-ring (bicyclic) bond motifs is 1. The molecule has 3 aromatic carbocycles. The molecule has 1 atom stereocenters. The smallest absolute Gasteiger partial charge is 0.141 e. The van der Waals surface area contributed by atoms with Crippen molar-refractivity contribution in [2.24, 2.45) is 0 Å². The van der Waals surface area contributed by atoms with Gasteiger partial charge in [-0.25, -0.2) is 14.4 Å². The first-order valence-electron chi connectivity index (χ1n) is 12.5. The molecule has 3 heterocycles. The lowest BCUT2D eigenvalue weighted by Gasteiger charge is -2.13. The van der Waals surface area contributed by atoms with Gasteiger partial charge in [-0.2, -0.15) is 0 Å². The van der Waals surface area contributed by atoms with Crippen molar-refractivity contribution in [2.75, 3.05) is 18.5 Å². The highest BCUT2D eigenvalue weighted by Gasteiger charge is 2.22. The van der Waals surface area contributed by atoms with Crippen LogP contribution in [0.15, 0.2) is 79.4 Å². The molecule has 5 aromatic rings. The highest BCUT2D eigenvalue weighted by atomic mass is 35.5. The predicted molar refractivity (Wildman–Crippen MR) is 148 cm³/mol. The zero-order chi connectivity index (χ0) is 26.1. The Balaban J connectivity index is 1.17. The van der Waals surface area contributed by atoms with Crippen LogP contribution >= 0.6 is 11.6 Å². The van der Waals surface area contributed by atoms with Crippen molar-refractivity contribution in [1.29, 1.82) is 0 Å². The van der Waals surface area contributed by atoms with E-state index >= 15 is 0 Å². The molecule has 0 radical (unpaired) electrons. The minimum Gasteiger partial charge on any atom is -0.492 e. The van der Waals surface area contributed by atoms with Crippen LogP contribution in [0.2, 0.25) is 5.02 Å². The lowest BCUT2D eigenvalue weighted by Crippen LogP contribution is -2.04. The van der Waals surface area contributed by atoms with Crippen LogP contribution in [-0.2, 0) is 17.7 Å². The summed E-state index contributed by atoms with van der Waals surface area (Å²) in [6.07, 6.45) is 6.68. The average molecular weight is 529 g/mol. The van der Waals surface area contributed by atoms with E-state index in [9.17, 15) is 4.39 Å². The molecule has 0 spiro atoms. The van der Waals surface area contributed by atoms with Gasteiger partial charge >= 0.3 is 0 Å². The topological polar surface area (TPSA) is 64.5 Å². The molecule has 8 heteroatoms. The van der Waals surface area contributed by atoms with Gasteiger partial charge in [-0.3, -0.25) is 0 Å². The second-order valence-corrected chi connectivity index (χ2v) is 9.85. The largest absolute Gasteiger partial charge is 0.492 e. The molecule has 0 saturated carbocycles. The van der Waals surface area contributed by atoms with Crippen LogP contribution in [0, 0.1) is 12.7 Å². The van der Waals surface area contributed by atoms with E-state index in [1.54, 1.807) is 18.5 Å². The molecule has 1 saturated heterocycles. The summed E-state index contributed by atoms with van der Waals surface area (Å²) in [5.41, 5.74) is 5.79. The number of anilines is 2. The Kier molecular flexibility index (Phi) is 6.70. The summed E-state index contributed by atoms with van der Waals surface area (Å²) in [5, 5.41) is 4.76. The summed E-state index contributed by atoms with van der Waals surface area (Å²) in [6, 6.07) is 18.6. The first-order valence-corrected chi connectivity index (χ1v) is 12.9. The minimum absolute atomic E-state index is 0.245. The van der Waals surface area contributed by atoms with Gasteiger partial charge < -0.3 is 19.4 Å². The van der Waals surface area contributed by atoms with Crippen LogP contribution in [-0.4, -0.2) is 33.9 Å². The van der Waals surface area contributed by atoms with Gasteiger partial charge in [0.2, 0.25) is 0 Å². The molecule has 1 unspecified atom stereocenters. The first-order chi connectivity index (χ1) is 18.5. The Labute approximate surface area is 225 Å². The average Bonchev–Trinajstić information content (AvgIpc) is 3.61. The van der Waals surface area contributed by atoms with E-state index in [4.69, 9.17) is 21.1 Å². The first kappa shape index (κ1) is 24.4. The van der Waals surface area contributed by atoms with Crippen molar-refractivity contribution in [1.82, 2.24) is 14.5 Å². The van der Waals surface area contributed by atoms with E-state index in [0.717, 1.165) is 52.0 Å². The summed E-state index contributed by atoms with van der Waals surface area (Å²) in [5.74, 6) is 1.02. The van der Waals surface area contributed by atoms with Crippen molar-refractivity contribution in [3.8, 4) is 16.9 Å². The number of ether oxygens (including phenoxy) is 2. The van der Waals surface area contributed by atoms with Gasteiger partial charge in [0, 0.05) is 29.9 Å². The lowest BCUT2D eigenvalue weighted by molar-refractivity contribution is 0.322. The van der Waals surface area contributed by atoms with Crippen molar-refractivity contribution in [3.05, 3.63) is 101 Å². The van der Waals surface area contributed by atoms with Gasteiger partial charge in [0.25, 0.3) is 0 Å². The molecule has 0 bridgehead atoms. The van der Waals surface area contributed by atoms with E-state index < -0.39 is 0 Å². The van der Waals surface area contributed by atoms with E-state index in [1.807, 2.05) is 31.2 Å². The van der Waals surface area contributed by atoms with Gasteiger partial charge in [0.1, 0.15) is 23.7 Å². The number of hydrogen-bond donors (Lipinski definition) is 1. The monoisotopic (exact) mass is 528 g/mol. The second-order valence-electron chi connectivity index (χ2n) is 9.45. The Morgan fingerprint density at radius 3 is 2.82 bits per heavy atom. The fourth-order valence-corrected chi connectivity index (χ4v) is 4.72. The molecule has 38 heavy (non-hydrogen) atoms. The van der Waals surface area contributed by atoms with Crippen LogP contribution in [0.5, 0.6) is 5.75 Å². The van der Waals surface area contributed by atoms with Crippen LogP contribution in [0.1, 0.15) is 11.1 Å². The van der Waals surface area contributed by atoms with Gasteiger partial charge in [0.15, 0.2) is 0 Å². The standard InChI is InChI=1S/C30H26ClFN4O2/c1-19-2-4-23(32)12-20(19)9-11-37-29-7-5-24(14-27(29)31)35-30-26-13-21(3-6-28(26)33-18-34-30)22-8-10-36(15-22)16-25-17-38-25/h2-8,10,12-15,18,25H,9,11,16-17H2,1H3,(H,33,34,35). The van der Waals surface area contributed by atoms with Crippen LogP contribution in [0.25, 0.3) is 22.0 Å². The third-order valence-corrected chi connectivity index (χ3v) is 6.97. The number of rotatable bonds is 9. The SMILES string of the molecule is Cc1ccc(F)cc1CCOc1ccc(Nc2ncnc3ccc(-c4ccn(CC5CO5)c4)cc23)cc1Cl. The maximum atomic E-state index is 13.6. The molecule has 1 aliphatic rings. The predicted octanol–water partition coefficient (Wildman–Crippen LogP) is 6.96. The molecule has 6 nitrogen and oxygen atoms in total. The van der Waals surface area contributed by atoms with E-state index in [2.05, 4.69) is 50.4 Å². The summed E-state index contributed by atoms with van der Waals surface area (Å²) in [4.78, 5) is 8.92. The maximum Gasteiger partial charge on any atom is 0.141 e. The molecule has 0 aliphatic carbocycles. The Morgan fingerprint density at radius 1 is 1.08 bits per heavy atom. The molecule has 192 valence electrons. The minimum atomic E-state index is -0.245. The van der Waals surface area contributed by atoms with Crippen LogP contribution in [0.3, 0.4) is 0 Å². The zero-order valence-corrected chi connectivity index (χ0v) is 21.6. The van der Waals surface area contributed by atoms with Gasteiger partial charge in [-0.15, -0.1) is 0 Å². The Bertz CT molecular complexity index is 1620. The number of aromatic nitrogens is 3. The summed E-state index contributed by atoms with van der Waals surface area (Å²) in [6.45, 7) is 4.06. The molecule has 0 amide bonds. The summed E-state index contributed by atoms with van der Waals surface area (Å²) in [7, 11) is 0. The third kappa shape index (κ3) is 5.49. The molecule has 1 fully saturated rings. The van der Waals surface area contributed by atoms with Crippen molar-refractivity contribution >= 4 is 34.0 Å². The zero-order valence-electron chi connectivity index (χ0n) is 20.8. The van der Waals surface area contributed by atoms with Crippen molar-refractivity contribution in [2.45, 2.75) is 26.0 Å². The van der Waals surface area contributed by atoms with Gasteiger partial charge in [-0.05, 0) is 77.7 Å². The molecule has 6 rings (SSSR count). The quantitative estimate of drug-likeness (QED) is 0.209. The highest BCUT2D eigenvalue weighted by molar-refractivity contribution is 6.32. The lowest BCUT2D eigenvalue weighted by atomic mass is 10.1. The normalized spacial score (nSPS) is 14.6. The molecular formula is C30H26ClFN4O2. The second kappa shape index (κ2) is 10.4. The molecule has 2 aromatic heterocycles. The fourth-order valence-electron chi connectivity index (χ4n) is 4.48. The van der Waals surface area contributed by atoms with Gasteiger partial charge in [0.05, 0.1) is 36.4 Å². The maximum absolute atomic E-state index is 13.6. The van der Waals surface area contributed by atoms with E-state index in [-0.39, 0.29) is 5.82 Å². The number of aryl methyl sites for hydroxylation is 1. The number of halogens is 2. The van der Waals surface area contributed by atoms with Crippen molar-refractivity contribution in [3.63, 3.8) is 0 Å². The highest BCUT2D eigenvalue weighted by Crippen LogP contribution is 2.32. The van der Waals surface area contributed by atoms with Gasteiger partial charge in [-0.1, -0.05) is 23.7 Å². The van der Waals surface area contributed by atoms with Crippen molar-refractivity contribution < 1.29 is 13.9 Å². The molecular weight excluding hydrogens is 503 g/mol. The number of nitrogens with zero attached hydrogens (tertiary/aromatic N) is 3. The number of benzene rings is 3. The summed E-state index contributed by atoms with van der Waals surface area (Å²) < 4.78 is 26.9. The number of hydrogen-bond acceptors (Lipinski definition) is 5. The third-order valence-electron chi connectivity index (χ3n) is 6.67. The van der Waals surface area contributed by atoms with E-state index in [1.165, 1.54) is 6.07 Å². The Morgan fingerprint density at radius 2 is 1.97 bits per heavy atom. The van der Waals surface area contributed by atoms with Crippen LogP contribution < -0.4 is 10.1 Å². The molecule has 1 N–H and O–H groups in total. The van der Waals surface area contributed by atoms with Crippen LogP contribution in [0.4, 0.5) is 15.9 Å². The fraction of sp³-hybridized carbons (Fsp3) is 0.200. The molecule has 1 aliphatic heterocycles. The summed E-state index contributed by atoms with van der Waals surface area (Å²) >= 11 is 6.53. The Hall–Kier alpha value is -3.94. The number of nitrogens with one attached hydrogen (secondary N) is 1. The van der Waals surface area contributed by atoms with E-state index in [0.29, 0.717) is 35.7 Å².